The molecule has 0 saturated heterocycles. The zero-order valence-corrected chi connectivity index (χ0v) is 7.83. The van der Waals surface area contributed by atoms with Crippen LogP contribution >= 0.6 is 0 Å². The van der Waals surface area contributed by atoms with Gasteiger partial charge in [0.1, 0.15) is 0 Å². The topological polar surface area (TPSA) is 49.7 Å². The van der Waals surface area contributed by atoms with Gasteiger partial charge in [-0.1, -0.05) is 13.3 Å². The summed E-state index contributed by atoms with van der Waals surface area (Å²) in [5.41, 5.74) is 0. The third kappa shape index (κ3) is 7.98. The lowest BCUT2D eigenvalue weighted by Gasteiger charge is -2.09. The summed E-state index contributed by atoms with van der Waals surface area (Å²) in [7, 11) is 0. The number of hydrogen-bond donors (Lipinski definition) is 2. The summed E-state index contributed by atoms with van der Waals surface area (Å²) in [5.74, 6) is 0. The summed E-state index contributed by atoms with van der Waals surface area (Å²) in [6.07, 6.45) is 3.04. The first-order valence-electron chi connectivity index (χ1n) is 4.68. The molecule has 1 atom stereocenters. The molecule has 0 heterocycles. The molecule has 2 N–H and O–H groups in total. The van der Waals surface area contributed by atoms with Gasteiger partial charge in [0.05, 0.1) is 12.7 Å². The van der Waals surface area contributed by atoms with Crippen molar-refractivity contribution in [3.8, 4) is 0 Å². The van der Waals surface area contributed by atoms with Gasteiger partial charge in [-0.05, 0) is 19.3 Å². The van der Waals surface area contributed by atoms with Crippen molar-refractivity contribution in [3.63, 3.8) is 0 Å². The number of unbranched alkanes of at least 4 members (excludes halogenated alkanes) is 1. The minimum atomic E-state index is -0.408. The largest absolute Gasteiger partial charge is 0.396 e. The molecule has 0 spiro atoms. The molecule has 12 heavy (non-hydrogen) atoms. The quantitative estimate of drug-likeness (QED) is 0.541. The van der Waals surface area contributed by atoms with Crippen LogP contribution in [0.5, 0.6) is 0 Å². The van der Waals surface area contributed by atoms with Crippen molar-refractivity contribution in [2.24, 2.45) is 0 Å². The van der Waals surface area contributed by atoms with Crippen molar-refractivity contribution < 1.29 is 14.9 Å². The lowest BCUT2D eigenvalue weighted by Crippen LogP contribution is -2.16. The lowest BCUT2D eigenvalue weighted by molar-refractivity contribution is 0.0283. The summed E-state index contributed by atoms with van der Waals surface area (Å²) >= 11 is 0. The third-order valence-electron chi connectivity index (χ3n) is 1.65. The highest BCUT2D eigenvalue weighted by Crippen LogP contribution is 1.97. The number of aliphatic hydroxyl groups excluding tert-OH is 2. The molecule has 0 radical (unpaired) electrons. The van der Waals surface area contributed by atoms with Gasteiger partial charge >= 0.3 is 0 Å². The second kappa shape index (κ2) is 8.97. The lowest BCUT2D eigenvalue weighted by atomic mass is 10.2. The number of rotatable bonds is 8. The maximum Gasteiger partial charge on any atom is 0.0774 e. The molecule has 0 aromatic heterocycles. The first-order valence-corrected chi connectivity index (χ1v) is 4.68. The van der Waals surface area contributed by atoms with Gasteiger partial charge in [-0.3, -0.25) is 0 Å². The molecule has 0 saturated carbocycles. The van der Waals surface area contributed by atoms with E-state index in [2.05, 4.69) is 6.92 Å². The summed E-state index contributed by atoms with van der Waals surface area (Å²) in [6.45, 7) is 3.38. The van der Waals surface area contributed by atoms with E-state index in [1.807, 2.05) is 0 Å². The maximum absolute atomic E-state index is 9.24. The molecule has 0 fully saturated rings. The van der Waals surface area contributed by atoms with Crippen molar-refractivity contribution in [2.45, 2.75) is 38.7 Å². The molecule has 0 aromatic rings. The molecule has 3 nitrogen and oxygen atoms in total. The first kappa shape index (κ1) is 11.9. The Kier molecular flexibility index (Phi) is 8.88. The monoisotopic (exact) mass is 176 g/mol. The molecule has 0 rings (SSSR count). The fourth-order valence-electron chi connectivity index (χ4n) is 0.876. The third-order valence-corrected chi connectivity index (χ3v) is 1.65. The second-order valence-electron chi connectivity index (χ2n) is 2.95. The van der Waals surface area contributed by atoms with Crippen molar-refractivity contribution in [1.82, 2.24) is 0 Å². The summed E-state index contributed by atoms with van der Waals surface area (Å²) in [5, 5.41) is 17.7. The van der Waals surface area contributed by atoms with E-state index in [0.717, 1.165) is 19.4 Å². The van der Waals surface area contributed by atoms with Crippen molar-refractivity contribution in [1.29, 1.82) is 0 Å². The normalized spacial score (nSPS) is 13.2. The van der Waals surface area contributed by atoms with Crippen LogP contribution in [0.3, 0.4) is 0 Å². The predicted octanol–water partition coefficient (Wildman–Crippen LogP) is 0.936. The van der Waals surface area contributed by atoms with Crippen molar-refractivity contribution in [2.75, 3.05) is 19.8 Å². The van der Waals surface area contributed by atoms with Crippen LogP contribution in [0.2, 0.25) is 0 Å². The van der Waals surface area contributed by atoms with E-state index in [-0.39, 0.29) is 6.61 Å². The average molecular weight is 176 g/mol. The van der Waals surface area contributed by atoms with E-state index in [4.69, 9.17) is 9.84 Å². The van der Waals surface area contributed by atoms with Crippen LogP contribution in [-0.2, 0) is 4.74 Å². The Morgan fingerprint density at radius 3 is 2.67 bits per heavy atom. The number of ether oxygens (including phenoxy) is 1. The molecule has 0 aliphatic rings. The molecule has 0 aliphatic carbocycles. The van der Waals surface area contributed by atoms with Gasteiger partial charge in [-0.2, -0.15) is 0 Å². The van der Waals surface area contributed by atoms with Gasteiger partial charge in [0.2, 0.25) is 0 Å². The van der Waals surface area contributed by atoms with Crippen LogP contribution in [0.15, 0.2) is 0 Å². The predicted molar refractivity (Wildman–Crippen MR) is 48.1 cm³/mol. The number of aliphatic hydroxyl groups is 2. The molecule has 0 bridgehead atoms. The smallest absolute Gasteiger partial charge is 0.0774 e. The molecule has 3 heteroatoms. The standard InChI is InChI=1S/C9H20O3/c1-2-3-7-12-8-9(11)5-4-6-10/h9-11H,2-8H2,1H3/t9-/m0/s1. The fourth-order valence-corrected chi connectivity index (χ4v) is 0.876. The Morgan fingerprint density at radius 2 is 2.08 bits per heavy atom. The van der Waals surface area contributed by atoms with Crippen molar-refractivity contribution in [3.05, 3.63) is 0 Å². The molecule has 0 aromatic carbocycles. The van der Waals surface area contributed by atoms with Gasteiger partial charge in [-0.15, -0.1) is 0 Å². The van der Waals surface area contributed by atoms with Crippen LogP contribution in [0, 0.1) is 0 Å². The number of hydrogen-bond acceptors (Lipinski definition) is 3. The zero-order chi connectivity index (χ0) is 9.23. The Labute approximate surface area is 74.4 Å². The van der Waals surface area contributed by atoms with Gasteiger partial charge < -0.3 is 14.9 Å². The molecular formula is C9H20O3. The van der Waals surface area contributed by atoms with Crippen LogP contribution in [0.4, 0.5) is 0 Å². The van der Waals surface area contributed by atoms with E-state index >= 15 is 0 Å². The SMILES string of the molecule is CCCCOC[C@@H](O)CCCO. The minimum Gasteiger partial charge on any atom is -0.396 e. The first-order chi connectivity index (χ1) is 5.81. The zero-order valence-electron chi connectivity index (χ0n) is 7.83. The highest BCUT2D eigenvalue weighted by Gasteiger charge is 2.02. The Morgan fingerprint density at radius 1 is 1.33 bits per heavy atom. The summed E-state index contributed by atoms with van der Waals surface area (Å²) in [4.78, 5) is 0. The van der Waals surface area contributed by atoms with Crippen molar-refractivity contribution >= 4 is 0 Å². The van der Waals surface area contributed by atoms with Crippen LogP contribution in [0.25, 0.3) is 0 Å². The fraction of sp³-hybridized carbons (Fsp3) is 1.00. The summed E-state index contributed by atoms with van der Waals surface area (Å²) < 4.78 is 5.20. The van der Waals surface area contributed by atoms with Gasteiger partial charge in [0.25, 0.3) is 0 Å². The average Bonchev–Trinajstić information content (AvgIpc) is 2.09. The summed E-state index contributed by atoms with van der Waals surface area (Å²) in [6, 6.07) is 0. The molecule has 74 valence electrons. The Bertz CT molecular complexity index is 85.8. The van der Waals surface area contributed by atoms with Gasteiger partial charge in [0, 0.05) is 13.2 Å². The molecule has 0 unspecified atom stereocenters. The van der Waals surface area contributed by atoms with Gasteiger partial charge in [0.15, 0.2) is 0 Å². The van der Waals surface area contributed by atoms with E-state index in [9.17, 15) is 5.11 Å². The van der Waals surface area contributed by atoms with Gasteiger partial charge in [-0.25, -0.2) is 0 Å². The maximum atomic E-state index is 9.24. The molecule has 0 aliphatic heterocycles. The van der Waals surface area contributed by atoms with E-state index in [1.54, 1.807) is 0 Å². The highest BCUT2D eigenvalue weighted by atomic mass is 16.5. The van der Waals surface area contributed by atoms with E-state index in [1.165, 1.54) is 0 Å². The van der Waals surface area contributed by atoms with Crippen LogP contribution in [-0.4, -0.2) is 36.1 Å². The molecule has 0 amide bonds. The van der Waals surface area contributed by atoms with E-state index < -0.39 is 6.10 Å². The second-order valence-corrected chi connectivity index (χ2v) is 2.95. The molecular weight excluding hydrogens is 156 g/mol. The Balaban J connectivity index is 3.02. The minimum absolute atomic E-state index is 0.145. The highest BCUT2D eigenvalue weighted by molar-refractivity contribution is 4.53. The van der Waals surface area contributed by atoms with Crippen LogP contribution in [0.1, 0.15) is 32.6 Å². The Hall–Kier alpha value is -0.120. The van der Waals surface area contributed by atoms with E-state index in [0.29, 0.717) is 19.4 Å². The van der Waals surface area contributed by atoms with Crippen LogP contribution < -0.4 is 0 Å².